The second-order valence-electron chi connectivity index (χ2n) is 8.37. The van der Waals surface area contributed by atoms with Crippen molar-refractivity contribution in [1.29, 1.82) is 0 Å². The number of anilines is 1. The van der Waals surface area contributed by atoms with Gasteiger partial charge in [-0.15, -0.1) is 0 Å². The predicted molar refractivity (Wildman–Crippen MR) is 105 cm³/mol. The molecule has 0 saturated carbocycles. The Hall–Kier alpha value is -2.31. The van der Waals surface area contributed by atoms with Crippen LogP contribution in [0.25, 0.3) is 0 Å². The van der Waals surface area contributed by atoms with E-state index in [1.807, 2.05) is 19.1 Å². The fourth-order valence-corrected chi connectivity index (χ4v) is 6.17. The molecular weight excluding hydrogens is 356 g/mol. The van der Waals surface area contributed by atoms with Gasteiger partial charge in [-0.2, -0.15) is 0 Å². The van der Waals surface area contributed by atoms with E-state index in [4.69, 9.17) is 9.47 Å². The Morgan fingerprint density at radius 1 is 1.39 bits per heavy atom. The number of nitrogens with one attached hydrogen (secondary N) is 1. The van der Waals surface area contributed by atoms with Crippen LogP contribution in [0.5, 0.6) is 5.75 Å². The van der Waals surface area contributed by atoms with Gasteiger partial charge in [0.25, 0.3) is 0 Å². The van der Waals surface area contributed by atoms with Crippen molar-refractivity contribution < 1.29 is 19.4 Å². The molecule has 1 fully saturated rings. The number of aliphatic hydroxyl groups is 1. The smallest absolute Gasteiger partial charge is 0.335 e. The zero-order valence-electron chi connectivity index (χ0n) is 16.5. The number of hydrogen-bond acceptors (Lipinski definition) is 6. The van der Waals surface area contributed by atoms with Gasteiger partial charge in [0.05, 0.1) is 31.3 Å². The number of aliphatic hydroxyl groups excluding tert-OH is 1. The molecule has 3 heterocycles. The molecule has 6 nitrogen and oxygen atoms in total. The normalized spacial score (nSPS) is 33.6. The molecule has 1 spiro atoms. The first-order chi connectivity index (χ1) is 13.5. The van der Waals surface area contributed by atoms with Crippen LogP contribution in [0.1, 0.15) is 25.3 Å². The number of fused-ring (bicyclic) bond motifs is 1. The second kappa shape index (κ2) is 5.84. The lowest BCUT2D eigenvalue weighted by atomic mass is 9.54. The summed E-state index contributed by atoms with van der Waals surface area (Å²) in [6.07, 6.45) is 5.06. The van der Waals surface area contributed by atoms with Crippen LogP contribution < -0.4 is 10.1 Å². The Morgan fingerprint density at radius 2 is 2.21 bits per heavy atom. The number of benzene rings is 1. The highest BCUT2D eigenvalue weighted by Gasteiger charge is 2.67. The number of hydrogen-bond donors (Lipinski definition) is 2. The molecule has 6 heteroatoms. The van der Waals surface area contributed by atoms with Crippen LogP contribution in [-0.2, 0) is 14.9 Å². The topological polar surface area (TPSA) is 71.0 Å². The Morgan fingerprint density at radius 3 is 2.93 bits per heavy atom. The van der Waals surface area contributed by atoms with E-state index in [2.05, 4.69) is 28.4 Å². The lowest BCUT2D eigenvalue weighted by molar-refractivity contribution is -0.137. The molecule has 0 radical (unpaired) electrons. The largest absolute Gasteiger partial charge is 0.497 e. The molecule has 1 aromatic rings. The van der Waals surface area contributed by atoms with E-state index in [-0.39, 0.29) is 17.4 Å². The summed E-state index contributed by atoms with van der Waals surface area (Å²) in [5.41, 5.74) is 2.87. The highest BCUT2D eigenvalue weighted by Crippen LogP contribution is 2.64. The molecule has 148 valence electrons. The zero-order valence-corrected chi connectivity index (χ0v) is 16.5. The van der Waals surface area contributed by atoms with E-state index in [1.165, 1.54) is 12.7 Å². The van der Waals surface area contributed by atoms with Crippen LogP contribution in [0.15, 0.2) is 41.6 Å². The number of methoxy groups -OCH3 is 2. The van der Waals surface area contributed by atoms with E-state index in [0.29, 0.717) is 12.0 Å². The molecule has 1 saturated heterocycles. The van der Waals surface area contributed by atoms with E-state index in [9.17, 15) is 9.90 Å². The minimum Gasteiger partial charge on any atom is -0.497 e. The third-order valence-corrected chi connectivity index (χ3v) is 7.31. The molecule has 2 unspecified atom stereocenters. The molecule has 1 aromatic carbocycles. The summed E-state index contributed by atoms with van der Waals surface area (Å²) in [5.74, 6) is 0.458. The maximum atomic E-state index is 12.8. The van der Waals surface area contributed by atoms with Gasteiger partial charge in [-0.05, 0) is 31.4 Å². The maximum Gasteiger partial charge on any atom is 0.335 e. The Balaban J connectivity index is 1.82. The van der Waals surface area contributed by atoms with Crippen LogP contribution in [0.2, 0.25) is 0 Å². The number of esters is 1. The van der Waals surface area contributed by atoms with Crippen LogP contribution >= 0.6 is 0 Å². The summed E-state index contributed by atoms with van der Waals surface area (Å²) >= 11 is 0. The molecule has 1 aliphatic carbocycles. The fourth-order valence-electron chi connectivity index (χ4n) is 6.17. The fraction of sp³-hybridized carbons (Fsp3) is 0.500. The van der Waals surface area contributed by atoms with Crippen LogP contribution in [0.3, 0.4) is 0 Å². The third-order valence-electron chi connectivity index (χ3n) is 7.31. The van der Waals surface area contributed by atoms with Gasteiger partial charge in [0, 0.05) is 42.0 Å². The van der Waals surface area contributed by atoms with E-state index >= 15 is 0 Å². The SMILES string of the molecule is COC(=O)C1=C2Nc3cc(OC)ccc3[C@@]23CCN2CC=C[C@@](C(C)O)(C1)C23. The van der Waals surface area contributed by atoms with Gasteiger partial charge in [-0.25, -0.2) is 4.79 Å². The second-order valence-corrected chi connectivity index (χ2v) is 8.37. The van der Waals surface area contributed by atoms with Gasteiger partial charge in [-0.1, -0.05) is 18.2 Å². The molecule has 0 amide bonds. The van der Waals surface area contributed by atoms with Crippen molar-refractivity contribution in [3.05, 3.63) is 47.2 Å². The van der Waals surface area contributed by atoms with Gasteiger partial charge in [-0.3, -0.25) is 4.90 Å². The molecule has 28 heavy (non-hydrogen) atoms. The Kier molecular flexibility index (Phi) is 3.71. The van der Waals surface area contributed by atoms with Gasteiger partial charge >= 0.3 is 5.97 Å². The monoisotopic (exact) mass is 382 g/mol. The highest BCUT2D eigenvalue weighted by molar-refractivity contribution is 5.93. The summed E-state index contributed by atoms with van der Waals surface area (Å²) in [4.78, 5) is 15.3. The first kappa shape index (κ1) is 17.8. The summed E-state index contributed by atoms with van der Waals surface area (Å²) < 4.78 is 10.6. The summed E-state index contributed by atoms with van der Waals surface area (Å²) in [7, 11) is 3.08. The lowest BCUT2D eigenvalue weighted by Crippen LogP contribution is -2.62. The number of carbonyl (C=O) groups is 1. The lowest BCUT2D eigenvalue weighted by Gasteiger charge is -2.55. The molecule has 3 aliphatic heterocycles. The number of carbonyl (C=O) groups excluding carboxylic acids is 1. The first-order valence-corrected chi connectivity index (χ1v) is 9.85. The Bertz CT molecular complexity index is 921. The average molecular weight is 382 g/mol. The predicted octanol–water partition coefficient (Wildman–Crippen LogP) is 2.20. The third kappa shape index (κ3) is 1.97. The summed E-state index contributed by atoms with van der Waals surface area (Å²) in [6, 6.07) is 6.19. The van der Waals surface area contributed by atoms with E-state index in [0.717, 1.165) is 36.6 Å². The van der Waals surface area contributed by atoms with Crippen molar-refractivity contribution in [2.45, 2.75) is 37.3 Å². The van der Waals surface area contributed by atoms with Crippen LogP contribution in [0.4, 0.5) is 5.69 Å². The average Bonchev–Trinajstić information content (AvgIpc) is 3.26. The van der Waals surface area contributed by atoms with Gasteiger partial charge in [0.2, 0.25) is 0 Å². The molecule has 2 N–H and O–H groups in total. The number of rotatable bonds is 3. The molecular formula is C22H26N2O4. The first-order valence-electron chi connectivity index (χ1n) is 9.85. The van der Waals surface area contributed by atoms with Crippen molar-refractivity contribution in [2.24, 2.45) is 5.41 Å². The minimum absolute atomic E-state index is 0.0931. The highest BCUT2D eigenvalue weighted by atomic mass is 16.5. The number of ether oxygens (including phenoxy) is 2. The molecule has 0 aromatic heterocycles. The van der Waals surface area contributed by atoms with Crippen LogP contribution in [0, 0.1) is 5.41 Å². The van der Waals surface area contributed by atoms with Crippen LogP contribution in [-0.4, -0.2) is 55.4 Å². The van der Waals surface area contributed by atoms with Crippen molar-refractivity contribution in [2.75, 3.05) is 32.6 Å². The molecule has 4 aliphatic rings. The van der Waals surface area contributed by atoms with Crippen molar-refractivity contribution in [1.82, 2.24) is 4.90 Å². The summed E-state index contributed by atoms with van der Waals surface area (Å²) in [5, 5.41) is 14.5. The molecule has 5 rings (SSSR count). The Labute approximate surface area is 164 Å². The van der Waals surface area contributed by atoms with Crippen molar-refractivity contribution in [3.63, 3.8) is 0 Å². The maximum absolute atomic E-state index is 12.8. The standard InChI is InChI=1S/C22H26N2O4/c1-13(25)21-7-4-9-24-10-8-22(20(21)24)16-6-5-14(27-2)11-17(16)23-18(22)15(12-21)19(26)28-3/h4-7,11,13,20,23,25H,8-10,12H2,1-3H3/t13?,20?,21-,22-/m0/s1. The molecule has 4 atom stereocenters. The van der Waals surface area contributed by atoms with E-state index < -0.39 is 11.5 Å². The minimum atomic E-state index is -0.588. The quantitative estimate of drug-likeness (QED) is 0.617. The van der Waals surface area contributed by atoms with Crippen molar-refractivity contribution >= 4 is 11.7 Å². The molecule has 0 bridgehead atoms. The van der Waals surface area contributed by atoms with Crippen molar-refractivity contribution in [3.8, 4) is 5.75 Å². The van der Waals surface area contributed by atoms with Gasteiger partial charge in [0.15, 0.2) is 0 Å². The van der Waals surface area contributed by atoms with E-state index in [1.54, 1.807) is 7.11 Å². The number of nitrogens with zero attached hydrogens (tertiary/aromatic N) is 1. The van der Waals surface area contributed by atoms with Gasteiger partial charge < -0.3 is 19.9 Å². The van der Waals surface area contributed by atoms with Gasteiger partial charge in [0.1, 0.15) is 5.75 Å². The summed E-state index contributed by atoms with van der Waals surface area (Å²) in [6.45, 7) is 3.64. The zero-order chi connectivity index (χ0) is 19.7.